The number of rotatable bonds is 6. The fourth-order valence-corrected chi connectivity index (χ4v) is 3.60. The van der Waals surface area contributed by atoms with Gasteiger partial charge in [0, 0.05) is 57.0 Å². The van der Waals surface area contributed by atoms with Crippen LogP contribution in [0.4, 0.5) is 11.4 Å². The molecular formula is C18H20N4O4S. The second-order valence-electron chi connectivity index (χ2n) is 6.22. The van der Waals surface area contributed by atoms with Crippen LogP contribution in [0.1, 0.15) is 16.1 Å². The Morgan fingerprint density at radius 1 is 1.15 bits per heavy atom. The van der Waals surface area contributed by atoms with Crippen LogP contribution in [-0.2, 0) is 4.79 Å². The van der Waals surface area contributed by atoms with E-state index < -0.39 is 4.92 Å². The molecule has 1 fully saturated rings. The van der Waals surface area contributed by atoms with Crippen LogP contribution in [0.2, 0.25) is 0 Å². The van der Waals surface area contributed by atoms with E-state index in [2.05, 4.69) is 10.2 Å². The van der Waals surface area contributed by atoms with Gasteiger partial charge in [0.25, 0.3) is 11.6 Å². The number of carbonyl (C=O) groups is 2. The van der Waals surface area contributed by atoms with E-state index >= 15 is 0 Å². The maximum atomic E-state index is 12.3. The van der Waals surface area contributed by atoms with Crippen molar-refractivity contribution in [1.82, 2.24) is 9.80 Å². The summed E-state index contributed by atoms with van der Waals surface area (Å²) < 4.78 is 0. The van der Waals surface area contributed by atoms with Crippen LogP contribution in [0.5, 0.6) is 0 Å². The molecule has 2 amide bonds. The van der Waals surface area contributed by atoms with Gasteiger partial charge in [-0.2, -0.15) is 0 Å². The predicted octanol–water partition coefficient (Wildman–Crippen LogP) is 2.44. The Bertz CT molecular complexity index is 817. The summed E-state index contributed by atoms with van der Waals surface area (Å²) in [6.45, 7) is 3.32. The molecule has 0 unspecified atom stereocenters. The smallest absolute Gasteiger partial charge is 0.271 e. The summed E-state index contributed by atoms with van der Waals surface area (Å²) in [7, 11) is 0. The van der Waals surface area contributed by atoms with Gasteiger partial charge < -0.3 is 10.2 Å². The number of thiophene rings is 1. The van der Waals surface area contributed by atoms with Crippen molar-refractivity contribution in [1.29, 1.82) is 0 Å². The zero-order valence-electron chi connectivity index (χ0n) is 14.7. The number of amides is 2. The van der Waals surface area contributed by atoms with Crippen molar-refractivity contribution in [2.45, 2.75) is 6.42 Å². The molecule has 1 saturated heterocycles. The monoisotopic (exact) mass is 388 g/mol. The summed E-state index contributed by atoms with van der Waals surface area (Å²) in [6, 6.07) is 9.59. The SMILES string of the molecule is O=C(CCN1CCN(C(=O)c2cccs2)CC1)Nc1cccc([N+](=O)[O-])c1. The van der Waals surface area contributed by atoms with Gasteiger partial charge in [0.2, 0.25) is 5.91 Å². The molecule has 2 heterocycles. The summed E-state index contributed by atoms with van der Waals surface area (Å²) in [6.07, 6.45) is 0.293. The first-order valence-electron chi connectivity index (χ1n) is 8.62. The lowest BCUT2D eigenvalue weighted by atomic mass is 10.2. The van der Waals surface area contributed by atoms with Crippen molar-refractivity contribution in [2.75, 3.05) is 38.0 Å². The molecule has 1 aromatic heterocycles. The lowest BCUT2D eigenvalue weighted by Crippen LogP contribution is -2.49. The Labute approximate surface area is 160 Å². The Kier molecular flexibility index (Phi) is 6.15. The first-order chi connectivity index (χ1) is 13.0. The van der Waals surface area contributed by atoms with Crippen molar-refractivity contribution < 1.29 is 14.5 Å². The third-order valence-electron chi connectivity index (χ3n) is 4.39. The molecular weight excluding hydrogens is 368 g/mol. The number of nitro groups is 1. The number of hydrogen-bond donors (Lipinski definition) is 1. The first kappa shape index (κ1) is 19.0. The summed E-state index contributed by atoms with van der Waals surface area (Å²) in [4.78, 5) is 39.4. The van der Waals surface area contributed by atoms with Gasteiger partial charge in [0.15, 0.2) is 0 Å². The number of carbonyl (C=O) groups excluding carboxylic acids is 2. The quantitative estimate of drug-likeness (QED) is 0.606. The van der Waals surface area contributed by atoms with E-state index in [0.29, 0.717) is 31.7 Å². The largest absolute Gasteiger partial charge is 0.335 e. The van der Waals surface area contributed by atoms with Crippen molar-refractivity contribution in [3.8, 4) is 0 Å². The van der Waals surface area contributed by atoms with Crippen LogP contribution in [0, 0.1) is 10.1 Å². The standard InChI is InChI=1S/C18H20N4O4S/c23-17(19-14-3-1-4-15(13-14)22(25)26)6-7-20-8-10-21(11-9-20)18(24)16-5-2-12-27-16/h1-5,12-13H,6-11H2,(H,19,23). The zero-order valence-corrected chi connectivity index (χ0v) is 15.5. The molecule has 2 aromatic rings. The highest BCUT2D eigenvalue weighted by Crippen LogP contribution is 2.17. The normalized spacial score (nSPS) is 14.7. The molecule has 8 nitrogen and oxygen atoms in total. The molecule has 0 radical (unpaired) electrons. The highest BCUT2D eigenvalue weighted by Gasteiger charge is 2.22. The lowest BCUT2D eigenvalue weighted by molar-refractivity contribution is -0.384. The van der Waals surface area contributed by atoms with Crippen molar-refractivity contribution in [2.24, 2.45) is 0 Å². The maximum Gasteiger partial charge on any atom is 0.271 e. The van der Waals surface area contributed by atoms with Crippen molar-refractivity contribution in [3.63, 3.8) is 0 Å². The van der Waals surface area contributed by atoms with E-state index in [1.54, 1.807) is 6.07 Å². The molecule has 1 N–H and O–H groups in total. The third-order valence-corrected chi connectivity index (χ3v) is 5.25. The molecule has 3 rings (SSSR count). The number of anilines is 1. The highest BCUT2D eigenvalue weighted by molar-refractivity contribution is 7.12. The summed E-state index contributed by atoms with van der Waals surface area (Å²) in [5, 5.41) is 15.4. The minimum Gasteiger partial charge on any atom is -0.335 e. The van der Waals surface area contributed by atoms with Gasteiger partial charge in [-0.15, -0.1) is 11.3 Å². The van der Waals surface area contributed by atoms with Gasteiger partial charge in [-0.1, -0.05) is 12.1 Å². The van der Waals surface area contributed by atoms with Crippen LogP contribution in [0.25, 0.3) is 0 Å². The fraction of sp³-hybridized carbons (Fsp3) is 0.333. The topological polar surface area (TPSA) is 95.8 Å². The van der Waals surface area contributed by atoms with E-state index in [4.69, 9.17) is 0 Å². The molecule has 142 valence electrons. The molecule has 0 saturated carbocycles. The van der Waals surface area contributed by atoms with Crippen molar-refractivity contribution >= 4 is 34.5 Å². The average molecular weight is 388 g/mol. The number of piperazine rings is 1. The maximum absolute atomic E-state index is 12.3. The second kappa shape index (κ2) is 8.74. The number of nitrogens with one attached hydrogen (secondary N) is 1. The van der Waals surface area contributed by atoms with Gasteiger partial charge >= 0.3 is 0 Å². The minimum absolute atomic E-state index is 0.0562. The third kappa shape index (κ3) is 5.11. The molecule has 0 bridgehead atoms. The number of hydrogen-bond acceptors (Lipinski definition) is 6. The fourth-order valence-electron chi connectivity index (χ4n) is 2.91. The van der Waals surface area contributed by atoms with Gasteiger partial charge in [-0.3, -0.25) is 24.6 Å². The molecule has 1 aliphatic heterocycles. The van der Waals surface area contributed by atoms with Crippen molar-refractivity contribution in [3.05, 3.63) is 56.8 Å². The molecule has 1 aliphatic rings. The summed E-state index contributed by atoms with van der Waals surface area (Å²) >= 11 is 1.44. The summed E-state index contributed by atoms with van der Waals surface area (Å²) in [5.74, 6) is -0.124. The van der Waals surface area contributed by atoms with Crippen LogP contribution in [0.3, 0.4) is 0 Å². The Balaban J connectivity index is 1.42. The van der Waals surface area contributed by atoms with E-state index in [0.717, 1.165) is 18.0 Å². The van der Waals surface area contributed by atoms with E-state index in [1.807, 2.05) is 22.4 Å². The number of non-ortho nitro benzene ring substituents is 1. The van der Waals surface area contributed by atoms with E-state index in [-0.39, 0.29) is 17.5 Å². The van der Waals surface area contributed by atoms with Crippen LogP contribution in [-0.4, -0.2) is 59.3 Å². The number of nitro benzene ring substituents is 1. The zero-order chi connectivity index (χ0) is 19.2. The van der Waals surface area contributed by atoms with Gasteiger partial charge in [0.05, 0.1) is 9.80 Å². The van der Waals surface area contributed by atoms with Crippen LogP contribution < -0.4 is 5.32 Å². The highest BCUT2D eigenvalue weighted by atomic mass is 32.1. The predicted molar refractivity (Wildman–Crippen MR) is 103 cm³/mol. The Morgan fingerprint density at radius 3 is 2.59 bits per heavy atom. The summed E-state index contributed by atoms with van der Waals surface area (Å²) in [5.41, 5.74) is 0.361. The number of nitrogens with zero attached hydrogens (tertiary/aromatic N) is 3. The van der Waals surface area contributed by atoms with Gasteiger partial charge in [-0.25, -0.2) is 0 Å². The lowest BCUT2D eigenvalue weighted by Gasteiger charge is -2.34. The molecule has 0 atom stereocenters. The molecule has 0 aliphatic carbocycles. The van der Waals surface area contributed by atoms with E-state index in [9.17, 15) is 19.7 Å². The number of benzene rings is 1. The first-order valence-corrected chi connectivity index (χ1v) is 9.50. The molecule has 27 heavy (non-hydrogen) atoms. The Morgan fingerprint density at radius 2 is 1.93 bits per heavy atom. The Hall–Kier alpha value is -2.78. The van der Waals surface area contributed by atoms with Gasteiger partial charge in [0.1, 0.15) is 0 Å². The molecule has 1 aromatic carbocycles. The van der Waals surface area contributed by atoms with Crippen LogP contribution >= 0.6 is 11.3 Å². The average Bonchev–Trinajstić information content (AvgIpc) is 3.21. The molecule has 9 heteroatoms. The minimum atomic E-state index is -0.493. The van der Waals surface area contributed by atoms with E-state index in [1.165, 1.54) is 29.5 Å². The van der Waals surface area contributed by atoms with Gasteiger partial charge in [-0.05, 0) is 17.5 Å². The van der Waals surface area contributed by atoms with Crippen LogP contribution in [0.15, 0.2) is 41.8 Å². The second-order valence-corrected chi connectivity index (χ2v) is 7.16. The molecule has 0 spiro atoms.